The highest BCUT2D eigenvalue weighted by Gasteiger charge is 2.24. The van der Waals surface area contributed by atoms with E-state index in [1.54, 1.807) is 4.90 Å². The number of rotatable bonds is 2. The fraction of sp³-hybridized carbons (Fsp3) is 0.889. The summed E-state index contributed by atoms with van der Waals surface area (Å²) in [7, 11) is 5.37. The third-order valence-electron chi connectivity index (χ3n) is 2.14. The van der Waals surface area contributed by atoms with Gasteiger partial charge in [-0.25, -0.2) is 4.79 Å². The largest absolute Gasteiger partial charge is 0.453 e. The van der Waals surface area contributed by atoms with Crippen molar-refractivity contribution in [3.63, 3.8) is 0 Å². The van der Waals surface area contributed by atoms with E-state index in [4.69, 9.17) is 4.74 Å². The molecule has 0 aromatic heterocycles. The number of carbonyl (C=O) groups is 1. The van der Waals surface area contributed by atoms with Crippen molar-refractivity contribution < 1.29 is 14.3 Å². The summed E-state index contributed by atoms with van der Waals surface area (Å²) in [5, 5.41) is 0. The topological polar surface area (TPSA) is 42.0 Å². The third kappa shape index (κ3) is 3.16. The first-order valence-corrected chi connectivity index (χ1v) is 4.72. The van der Waals surface area contributed by atoms with Crippen LogP contribution in [-0.4, -0.2) is 69.4 Å². The number of ether oxygens (including phenoxy) is 2. The molecule has 1 saturated heterocycles. The molecule has 5 nitrogen and oxygen atoms in total. The van der Waals surface area contributed by atoms with Gasteiger partial charge in [0.1, 0.15) is 0 Å². The standard InChI is InChI=1S/C9H18N2O3/c1-10(2)6-8-7-11(4-5-14-8)9(12)13-3/h8H,4-7H2,1-3H3. The number of amides is 1. The zero-order valence-electron chi connectivity index (χ0n) is 9.02. The van der Waals surface area contributed by atoms with E-state index in [1.807, 2.05) is 19.0 Å². The van der Waals surface area contributed by atoms with Crippen molar-refractivity contribution in [2.24, 2.45) is 0 Å². The lowest BCUT2D eigenvalue weighted by atomic mass is 10.2. The molecule has 0 aromatic carbocycles. The zero-order valence-corrected chi connectivity index (χ0v) is 9.02. The first-order chi connectivity index (χ1) is 6.63. The highest BCUT2D eigenvalue weighted by Crippen LogP contribution is 2.06. The molecule has 0 bridgehead atoms. The van der Waals surface area contributed by atoms with E-state index >= 15 is 0 Å². The maximum atomic E-state index is 11.2. The van der Waals surface area contributed by atoms with Gasteiger partial charge in [0.25, 0.3) is 0 Å². The minimum Gasteiger partial charge on any atom is -0.453 e. The molecule has 0 aromatic rings. The number of morpholine rings is 1. The molecular weight excluding hydrogens is 184 g/mol. The van der Waals surface area contributed by atoms with Crippen molar-refractivity contribution in [3.8, 4) is 0 Å². The average Bonchev–Trinajstić information content (AvgIpc) is 2.16. The Hall–Kier alpha value is -0.810. The molecule has 0 saturated carbocycles. The lowest BCUT2D eigenvalue weighted by molar-refractivity contribution is -0.0336. The number of nitrogens with zero attached hydrogens (tertiary/aromatic N) is 2. The van der Waals surface area contributed by atoms with E-state index < -0.39 is 0 Å². The van der Waals surface area contributed by atoms with Crippen LogP contribution in [0.15, 0.2) is 0 Å². The van der Waals surface area contributed by atoms with Crippen LogP contribution in [0, 0.1) is 0 Å². The van der Waals surface area contributed by atoms with Gasteiger partial charge in [-0.2, -0.15) is 0 Å². The summed E-state index contributed by atoms with van der Waals surface area (Å²) in [6.07, 6.45) is -0.171. The van der Waals surface area contributed by atoms with E-state index in [0.29, 0.717) is 19.7 Å². The molecule has 82 valence electrons. The smallest absolute Gasteiger partial charge is 0.409 e. The van der Waals surface area contributed by atoms with Crippen LogP contribution in [0.4, 0.5) is 4.79 Å². The van der Waals surface area contributed by atoms with Crippen LogP contribution in [0.25, 0.3) is 0 Å². The van der Waals surface area contributed by atoms with E-state index in [1.165, 1.54) is 7.11 Å². The van der Waals surface area contributed by atoms with Crippen molar-refractivity contribution in [2.75, 3.05) is 47.4 Å². The quantitative estimate of drug-likeness (QED) is 0.633. The van der Waals surface area contributed by atoms with Gasteiger partial charge in [-0.15, -0.1) is 0 Å². The predicted octanol–water partition coefficient (Wildman–Crippen LogP) is 0.0152. The molecule has 1 rings (SSSR count). The minimum absolute atomic E-state index is 0.0952. The maximum Gasteiger partial charge on any atom is 0.409 e. The second-order valence-corrected chi connectivity index (χ2v) is 3.67. The number of methoxy groups -OCH3 is 1. The molecular formula is C9H18N2O3. The molecule has 0 N–H and O–H groups in total. The Morgan fingerprint density at radius 1 is 1.64 bits per heavy atom. The van der Waals surface area contributed by atoms with E-state index in [-0.39, 0.29) is 12.2 Å². The SMILES string of the molecule is COC(=O)N1CCOC(CN(C)C)C1. The summed E-state index contributed by atoms with van der Waals surface area (Å²) in [6, 6.07) is 0. The Morgan fingerprint density at radius 3 is 2.93 bits per heavy atom. The molecule has 1 atom stereocenters. The van der Waals surface area contributed by atoms with Crippen LogP contribution < -0.4 is 0 Å². The number of hydrogen-bond acceptors (Lipinski definition) is 4. The predicted molar refractivity (Wildman–Crippen MR) is 52.3 cm³/mol. The van der Waals surface area contributed by atoms with Gasteiger partial charge in [0.2, 0.25) is 0 Å². The van der Waals surface area contributed by atoms with Crippen LogP contribution >= 0.6 is 0 Å². The van der Waals surface area contributed by atoms with Gasteiger partial charge in [-0.1, -0.05) is 0 Å². The van der Waals surface area contributed by atoms with Crippen molar-refractivity contribution in [1.82, 2.24) is 9.80 Å². The van der Waals surface area contributed by atoms with E-state index in [9.17, 15) is 4.79 Å². The molecule has 1 fully saturated rings. The van der Waals surface area contributed by atoms with Gasteiger partial charge in [-0.3, -0.25) is 0 Å². The monoisotopic (exact) mass is 202 g/mol. The summed E-state index contributed by atoms with van der Waals surface area (Å²) >= 11 is 0. The zero-order chi connectivity index (χ0) is 10.6. The van der Waals surface area contributed by atoms with Gasteiger partial charge in [0, 0.05) is 13.1 Å². The lowest BCUT2D eigenvalue weighted by Gasteiger charge is -2.33. The number of hydrogen-bond donors (Lipinski definition) is 0. The summed E-state index contributed by atoms with van der Waals surface area (Å²) in [6.45, 7) is 2.66. The molecule has 1 amide bonds. The second kappa shape index (κ2) is 5.17. The van der Waals surface area contributed by atoms with E-state index in [0.717, 1.165) is 6.54 Å². The van der Waals surface area contributed by atoms with Gasteiger partial charge in [-0.05, 0) is 14.1 Å². The van der Waals surface area contributed by atoms with Crippen LogP contribution in [0.5, 0.6) is 0 Å². The third-order valence-corrected chi connectivity index (χ3v) is 2.14. The van der Waals surface area contributed by atoms with Crippen molar-refractivity contribution >= 4 is 6.09 Å². The Kier molecular flexibility index (Phi) is 4.16. The Balaban J connectivity index is 2.39. The molecule has 1 aliphatic rings. The van der Waals surface area contributed by atoms with Crippen LogP contribution in [0.1, 0.15) is 0 Å². The van der Waals surface area contributed by atoms with Crippen LogP contribution in [0.3, 0.4) is 0 Å². The van der Waals surface area contributed by atoms with Crippen molar-refractivity contribution in [2.45, 2.75) is 6.10 Å². The maximum absolute atomic E-state index is 11.2. The normalized spacial score (nSPS) is 22.6. The number of likely N-dealkylation sites (N-methyl/N-ethyl adjacent to an activating group) is 1. The fourth-order valence-electron chi connectivity index (χ4n) is 1.53. The van der Waals surface area contributed by atoms with Crippen LogP contribution in [-0.2, 0) is 9.47 Å². The van der Waals surface area contributed by atoms with Crippen molar-refractivity contribution in [3.05, 3.63) is 0 Å². The van der Waals surface area contributed by atoms with Gasteiger partial charge < -0.3 is 19.3 Å². The molecule has 0 aliphatic carbocycles. The van der Waals surface area contributed by atoms with Gasteiger partial charge in [0.15, 0.2) is 0 Å². The molecule has 14 heavy (non-hydrogen) atoms. The fourth-order valence-corrected chi connectivity index (χ4v) is 1.53. The minimum atomic E-state index is -0.267. The second-order valence-electron chi connectivity index (χ2n) is 3.67. The summed E-state index contributed by atoms with van der Waals surface area (Å²) in [5.74, 6) is 0. The first kappa shape index (κ1) is 11.3. The molecule has 0 spiro atoms. The molecule has 5 heteroatoms. The molecule has 1 unspecified atom stereocenters. The van der Waals surface area contributed by atoms with Crippen LogP contribution in [0.2, 0.25) is 0 Å². The summed E-state index contributed by atoms with van der Waals surface area (Å²) in [5.41, 5.74) is 0. The van der Waals surface area contributed by atoms with Gasteiger partial charge in [0.05, 0.1) is 26.4 Å². The summed E-state index contributed by atoms with van der Waals surface area (Å²) < 4.78 is 10.2. The van der Waals surface area contributed by atoms with Gasteiger partial charge >= 0.3 is 6.09 Å². The average molecular weight is 202 g/mol. The Bertz CT molecular complexity index is 196. The van der Waals surface area contributed by atoms with Crippen molar-refractivity contribution in [1.29, 1.82) is 0 Å². The molecule has 1 heterocycles. The highest BCUT2D eigenvalue weighted by atomic mass is 16.5. The highest BCUT2D eigenvalue weighted by molar-refractivity contribution is 5.67. The van der Waals surface area contributed by atoms with E-state index in [2.05, 4.69) is 4.74 Å². The number of carbonyl (C=O) groups excluding carboxylic acids is 1. The first-order valence-electron chi connectivity index (χ1n) is 4.72. The summed E-state index contributed by atoms with van der Waals surface area (Å²) in [4.78, 5) is 15.0. The Morgan fingerprint density at radius 2 is 2.36 bits per heavy atom. The Labute approximate surface area is 84.6 Å². The molecule has 1 aliphatic heterocycles. The lowest BCUT2D eigenvalue weighted by Crippen LogP contribution is -2.48. The molecule has 0 radical (unpaired) electrons.